The van der Waals surface area contributed by atoms with E-state index in [1.165, 1.54) is 50.2 Å². The molecule has 1 aromatic heterocycles. The van der Waals surface area contributed by atoms with Gasteiger partial charge in [-0.2, -0.15) is 0 Å². The highest BCUT2D eigenvalue weighted by molar-refractivity contribution is 5.94. The average Bonchev–Trinajstić information content (AvgIpc) is 3.28. The number of hydrogen-bond acceptors (Lipinski definition) is 1. The molecule has 1 N–H and O–H groups in total. The highest BCUT2D eigenvalue weighted by Gasteiger charge is 2.15. The first-order chi connectivity index (χ1) is 17.7. The number of aromatic nitrogens is 1. The molecule has 1 aliphatic rings. The van der Waals surface area contributed by atoms with Gasteiger partial charge in [0, 0.05) is 39.2 Å². The van der Waals surface area contributed by atoms with Gasteiger partial charge in [0.05, 0.1) is 0 Å². The normalized spacial score (nSPS) is 12.8. The van der Waals surface area contributed by atoms with Crippen molar-refractivity contribution in [2.75, 3.05) is 4.90 Å². The van der Waals surface area contributed by atoms with E-state index in [1.54, 1.807) is 0 Å². The van der Waals surface area contributed by atoms with Crippen LogP contribution in [0.4, 0.5) is 17.1 Å². The first-order valence-electron chi connectivity index (χ1n) is 13.0. The van der Waals surface area contributed by atoms with Gasteiger partial charge in [0.2, 0.25) is 0 Å². The van der Waals surface area contributed by atoms with Crippen LogP contribution in [0.1, 0.15) is 37.1 Å². The fraction of sp³-hybridized carbons (Fsp3) is 0.176. The van der Waals surface area contributed by atoms with E-state index in [9.17, 15) is 0 Å². The molecule has 4 aromatic carbocycles. The molecular weight excluding hydrogens is 436 g/mol. The fourth-order valence-corrected chi connectivity index (χ4v) is 5.39. The van der Waals surface area contributed by atoms with E-state index in [-0.39, 0.29) is 0 Å². The lowest BCUT2D eigenvalue weighted by Crippen LogP contribution is -2.10. The van der Waals surface area contributed by atoms with Gasteiger partial charge in [0.1, 0.15) is 0 Å². The maximum absolute atomic E-state index is 3.61. The van der Waals surface area contributed by atoms with Crippen molar-refractivity contribution in [1.29, 1.82) is 0 Å². The van der Waals surface area contributed by atoms with Crippen LogP contribution < -0.4 is 4.90 Å². The van der Waals surface area contributed by atoms with Crippen LogP contribution >= 0.6 is 0 Å². The standard InChI is InChI=1S/C34H32N2/c1-24(2)21-25-9-8-12-30(22-25)36(28-10-4-3-5-11-28)29-18-15-26(16-19-29)27-17-20-34-32(23-27)31-13-6-7-14-33(31)35-34/h3-6,8-13,15-20,22-24,35H,7,14,21H2,1-2H3. The van der Waals surface area contributed by atoms with Gasteiger partial charge < -0.3 is 9.88 Å². The number of hydrogen-bond donors (Lipinski definition) is 1. The quantitative estimate of drug-likeness (QED) is 0.263. The highest BCUT2D eigenvalue weighted by atomic mass is 15.1. The lowest BCUT2D eigenvalue weighted by Gasteiger charge is -2.26. The molecule has 2 nitrogen and oxygen atoms in total. The minimum absolute atomic E-state index is 0.628. The van der Waals surface area contributed by atoms with Crippen LogP contribution in [0.3, 0.4) is 0 Å². The number of allylic oxidation sites excluding steroid dienone is 1. The van der Waals surface area contributed by atoms with E-state index in [2.05, 4.69) is 133 Å². The van der Waals surface area contributed by atoms with Gasteiger partial charge >= 0.3 is 0 Å². The van der Waals surface area contributed by atoms with Crippen LogP contribution in [0.15, 0.2) is 103 Å². The molecular formula is C34H32N2. The maximum Gasteiger partial charge on any atom is 0.0464 e. The summed E-state index contributed by atoms with van der Waals surface area (Å²) in [6, 6.07) is 35.4. The van der Waals surface area contributed by atoms with Gasteiger partial charge in [-0.1, -0.05) is 74.5 Å². The number of H-pyrrole nitrogens is 1. The predicted octanol–water partition coefficient (Wildman–Crippen LogP) is 9.46. The fourth-order valence-electron chi connectivity index (χ4n) is 5.39. The Morgan fingerprint density at radius 2 is 1.50 bits per heavy atom. The van der Waals surface area contributed by atoms with Crippen molar-refractivity contribution in [3.8, 4) is 11.1 Å². The zero-order valence-corrected chi connectivity index (χ0v) is 21.0. The third kappa shape index (κ3) is 4.35. The largest absolute Gasteiger partial charge is 0.358 e. The van der Waals surface area contributed by atoms with Crippen molar-refractivity contribution in [3.05, 3.63) is 120 Å². The van der Waals surface area contributed by atoms with Crippen molar-refractivity contribution < 1.29 is 0 Å². The second kappa shape index (κ2) is 9.54. The number of benzene rings is 4. The molecule has 0 radical (unpaired) electrons. The second-order valence-corrected chi connectivity index (χ2v) is 10.2. The number of anilines is 3. The summed E-state index contributed by atoms with van der Waals surface area (Å²) in [6.45, 7) is 4.55. The molecule has 5 aromatic rings. The lowest BCUT2D eigenvalue weighted by atomic mass is 9.98. The molecule has 1 aliphatic carbocycles. The maximum atomic E-state index is 3.61. The van der Waals surface area contributed by atoms with Crippen molar-refractivity contribution >= 4 is 34.0 Å². The summed E-state index contributed by atoms with van der Waals surface area (Å²) < 4.78 is 0. The molecule has 0 aliphatic heterocycles. The van der Waals surface area contributed by atoms with Crippen molar-refractivity contribution in [2.24, 2.45) is 5.92 Å². The number of nitrogens with one attached hydrogen (secondary N) is 1. The Hall–Kier alpha value is -4.04. The van der Waals surface area contributed by atoms with E-state index >= 15 is 0 Å². The molecule has 0 saturated heterocycles. The second-order valence-electron chi connectivity index (χ2n) is 10.2. The van der Waals surface area contributed by atoms with Crippen molar-refractivity contribution in [3.63, 3.8) is 0 Å². The molecule has 36 heavy (non-hydrogen) atoms. The molecule has 0 fully saturated rings. The molecule has 178 valence electrons. The summed E-state index contributed by atoms with van der Waals surface area (Å²) in [4.78, 5) is 5.96. The Balaban J connectivity index is 1.38. The summed E-state index contributed by atoms with van der Waals surface area (Å²) in [7, 11) is 0. The Morgan fingerprint density at radius 3 is 2.31 bits per heavy atom. The van der Waals surface area contributed by atoms with Crippen molar-refractivity contribution in [1.82, 2.24) is 4.98 Å². The minimum atomic E-state index is 0.628. The monoisotopic (exact) mass is 468 g/mol. The number of rotatable bonds is 6. The summed E-state index contributed by atoms with van der Waals surface area (Å²) in [6.07, 6.45) is 7.85. The zero-order chi connectivity index (χ0) is 24.5. The van der Waals surface area contributed by atoms with Crippen molar-refractivity contribution in [2.45, 2.75) is 33.1 Å². The average molecular weight is 469 g/mol. The Morgan fingerprint density at radius 1 is 0.750 bits per heavy atom. The van der Waals surface area contributed by atoms with Crippen LogP contribution in [0.25, 0.3) is 28.1 Å². The number of aromatic amines is 1. The summed E-state index contributed by atoms with van der Waals surface area (Å²) >= 11 is 0. The van der Waals surface area contributed by atoms with Gasteiger partial charge in [-0.25, -0.2) is 0 Å². The van der Waals surface area contributed by atoms with Gasteiger partial charge in [-0.05, 0) is 90.4 Å². The smallest absolute Gasteiger partial charge is 0.0464 e. The van der Waals surface area contributed by atoms with E-state index in [1.807, 2.05) is 0 Å². The molecule has 6 rings (SSSR count). The number of para-hydroxylation sites is 1. The summed E-state index contributed by atoms with van der Waals surface area (Å²) in [5.74, 6) is 0.628. The first kappa shape index (κ1) is 22.4. The molecule has 0 amide bonds. The van der Waals surface area contributed by atoms with Crippen LogP contribution in [-0.4, -0.2) is 4.98 Å². The highest BCUT2D eigenvalue weighted by Crippen LogP contribution is 2.37. The van der Waals surface area contributed by atoms with E-state index in [4.69, 9.17) is 0 Å². The van der Waals surface area contributed by atoms with Crippen LogP contribution in [-0.2, 0) is 12.8 Å². The van der Waals surface area contributed by atoms with E-state index < -0.39 is 0 Å². The topological polar surface area (TPSA) is 19.0 Å². The van der Waals surface area contributed by atoms with Crippen LogP contribution in [0.5, 0.6) is 0 Å². The van der Waals surface area contributed by atoms with Gasteiger partial charge in [0.15, 0.2) is 0 Å². The van der Waals surface area contributed by atoms with Crippen LogP contribution in [0, 0.1) is 5.92 Å². The zero-order valence-electron chi connectivity index (χ0n) is 21.0. The van der Waals surface area contributed by atoms with Gasteiger partial charge in [-0.15, -0.1) is 0 Å². The van der Waals surface area contributed by atoms with Gasteiger partial charge in [0.25, 0.3) is 0 Å². The van der Waals surface area contributed by atoms with Crippen LogP contribution in [0.2, 0.25) is 0 Å². The SMILES string of the molecule is CC(C)Cc1cccc(N(c2ccccc2)c2ccc(-c3ccc4[nH]c5c(c4c3)C=CCC5)cc2)c1. The van der Waals surface area contributed by atoms with E-state index in [0.717, 1.165) is 24.9 Å². The molecule has 0 atom stereocenters. The Labute approximate surface area is 213 Å². The molecule has 0 bridgehead atoms. The van der Waals surface area contributed by atoms with E-state index in [0.29, 0.717) is 5.92 Å². The lowest BCUT2D eigenvalue weighted by molar-refractivity contribution is 0.647. The predicted molar refractivity (Wildman–Crippen MR) is 154 cm³/mol. The third-order valence-corrected chi connectivity index (χ3v) is 7.05. The number of nitrogens with zero attached hydrogens (tertiary/aromatic N) is 1. The number of fused-ring (bicyclic) bond motifs is 3. The van der Waals surface area contributed by atoms with Gasteiger partial charge in [-0.3, -0.25) is 0 Å². The molecule has 2 heteroatoms. The molecule has 0 spiro atoms. The molecule has 1 heterocycles. The summed E-state index contributed by atoms with van der Waals surface area (Å²) in [5.41, 5.74) is 11.3. The minimum Gasteiger partial charge on any atom is -0.358 e. The Bertz CT molecular complexity index is 1520. The molecule has 0 saturated carbocycles. The Kier molecular flexibility index (Phi) is 5.95. The third-order valence-electron chi connectivity index (χ3n) is 7.05. The summed E-state index contributed by atoms with van der Waals surface area (Å²) in [5, 5.41) is 1.32. The number of aryl methyl sites for hydroxylation is 1. The molecule has 0 unspecified atom stereocenters. The first-order valence-corrected chi connectivity index (χ1v) is 13.0.